The molecule has 1 amide bonds. The first-order valence-electron chi connectivity index (χ1n) is 7.73. The van der Waals surface area contributed by atoms with Crippen molar-refractivity contribution in [2.24, 2.45) is 0 Å². The lowest BCUT2D eigenvalue weighted by molar-refractivity contribution is 0.0951. The average molecular weight is 347 g/mol. The number of H-pyrrole nitrogens is 1. The standard InChI is InChI=1S/C17H15F2N3OS/c18-16(19)15-5-10(8-24-15)17(23)20-6-12-11(9-1-2-9)3-4-14-13(12)7-21-22-14/h3-5,7-9,16H,1-2,6H2,(H,20,23)(H,21,22). The number of aromatic amines is 1. The van der Waals surface area contributed by atoms with Crippen molar-refractivity contribution in [2.45, 2.75) is 31.7 Å². The summed E-state index contributed by atoms with van der Waals surface area (Å²) < 4.78 is 25.3. The van der Waals surface area contributed by atoms with Crippen molar-refractivity contribution in [3.05, 3.63) is 51.3 Å². The zero-order valence-electron chi connectivity index (χ0n) is 12.7. The number of nitrogens with one attached hydrogen (secondary N) is 2. The van der Waals surface area contributed by atoms with Gasteiger partial charge < -0.3 is 5.32 Å². The highest BCUT2D eigenvalue weighted by Gasteiger charge is 2.27. The average Bonchev–Trinajstić information content (AvgIpc) is 3.10. The van der Waals surface area contributed by atoms with Crippen LogP contribution in [-0.4, -0.2) is 16.1 Å². The molecule has 3 aromatic rings. The maximum Gasteiger partial charge on any atom is 0.272 e. The molecule has 0 saturated heterocycles. The van der Waals surface area contributed by atoms with Crippen molar-refractivity contribution >= 4 is 28.1 Å². The first kappa shape index (κ1) is 15.3. The third kappa shape index (κ3) is 2.80. The van der Waals surface area contributed by atoms with E-state index in [1.54, 1.807) is 6.20 Å². The van der Waals surface area contributed by atoms with Gasteiger partial charge in [0.05, 0.1) is 22.2 Å². The molecular weight excluding hydrogens is 332 g/mol. The Bertz CT molecular complexity index is 898. The molecule has 0 spiro atoms. The number of alkyl halides is 2. The molecule has 0 aliphatic heterocycles. The van der Waals surface area contributed by atoms with Gasteiger partial charge in [-0.15, -0.1) is 11.3 Å². The normalized spacial score (nSPS) is 14.5. The molecule has 7 heteroatoms. The Hall–Kier alpha value is -2.28. The number of hydrogen-bond donors (Lipinski definition) is 2. The number of aromatic nitrogens is 2. The first-order valence-corrected chi connectivity index (χ1v) is 8.61. The predicted octanol–water partition coefficient (Wildman–Crippen LogP) is 4.37. The number of nitrogens with zero attached hydrogens (tertiary/aromatic N) is 1. The number of rotatable bonds is 5. The van der Waals surface area contributed by atoms with Crippen LogP contribution in [0.25, 0.3) is 10.9 Å². The molecule has 4 nitrogen and oxygen atoms in total. The van der Waals surface area contributed by atoms with Gasteiger partial charge in [-0.2, -0.15) is 5.10 Å². The van der Waals surface area contributed by atoms with Crippen LogP contribution >= 0.6 is 11.3 Å². The Morgan fingerprint density at radius 3 is 2.96 bits per heavy atom. The molecule has 1 aliphatic rings. The van der Waals surface area contributed by atoms with E-state index < -0.39 is 6.43 Å². The van der Waals surface area contributed by atoms with E-state index in [0.29, 0.717) is 12.5 Å². The van der Waals surface area contributed by atoms with Crippen LogP contribution in [0.2, 0.25) is 0 Å². The lowest BCUT2D eigenvalue weighted by atomic mass is 9.99. The summed E-state index contributed by atoms with van der Waals surface area (Å²) in [7, 11) is 0. The van der Waals surface area contributed by atoms with Crippen molar-refractivity contribution in [1.82, 2.24) is 15.5 Å². The maximum atomic E-state index is 12.7. The number of carbonyl (C=O) groups excluding carboxylic acids is 1. The largest absolute Gasteiger partial charge is 0.348 e. The van der Waals surface area contributed by atoms with Gasteiger partial charge in [0, 0.05) is 17.3 Å². The van der Waals surface area contributed by atoms with Crippen LogP contribution in [0.4, 0.5) is 8.78 Å². The lowest BCUT2D eigenvalue weighted by Crippen LogP contribution is -2.23. The Kier molecular flexibility index (Phi) is 3.80. The van der Waals surface area contributed by atoms with Crippen LogP contribution in [0.3, 0.4) is 0 Å². The van der Waals surface area contributed by atoms with E-state index in [1.807, 2.05) is 6.07 Å². The molecule has 2 aromatic heterocycles. The van der Waals surface area contributed by atoms with E-state index >= 15 is 0 Å². The minimum Gasteiger partial charge on any atom is -0.348 e. The zero-order chi connectivity index (χ0) is 16.7. The molecule has 124 valence electrons. The van der Waals surface area contributed by atoms with Crippen molar-refractivity contribution in [1.29, 1.82) is 0 Å². The van der Waals surface area contributed by atoms with Crippen LogP contribution in [0.5, 0.6) is 0 Å². The van der Waals surface area contributed by atoms with Gasteiger partial charge in [0.1, 0.15) is 0 Å². The Balaban J connectivity index is 1.56. The summed E-state index contributed by atoms with van der Waals surface area (Å²) >= 11 is 0.904. The molecule has 1 fully saturated rings. The van der Waals surface area contributed by atoms with Crippen LogP contribution in [0, 0.1) is 0 Å². The summed E-state index contributed by atoms with van der Waals surface area (Å²) in [6.45, 7) is 0.362. The molecule has 24 heavy (non-hydrogen) atoms. The molecule has 1 aromatic carbocycles. The third-order valence-corrected chi connectivity index (χ3v) is 5.25. The highest BCUT2D eigenvalue weighted by molar-refractivity contribution is 7.10. The van der Waals surface area contributed by atoms with Gasteiger partial charge in [0.2, 0.25) is 0 Å². The number of benzene rings is 1. The van der Waals surface area contributed by atoms with Gasteiger partial charge in [-0.25, -0.2) is 8.78 Å². The number of hydrogen-bond acceptors (Lipinski definition) is 3. The van der Waals surface area contributed by atoms with Gasteiger partial charge in [0.25, 0.3) is 12.3 Å². The number of fused-ring (bicyclic) bond motifs is 1. The summed E-state index contributed by atoms with van der Waals surface area (Å²) in [5.41, 5.74) is 3.51. The van der Waals surface area contributed by atoms with Crippen molar-refractivity contribution in [2.75, 3.05) is 0 Å². The van der Waals surface area contributed by atoms with Gasteiger partial charge in [-0.3, -0.25) is 9.89 Å². The minimum absolute atomic E-state index is 0.0873. The molecular formula is C17H15F2N3OS. The van der Waals surface area contributed by atoms with Crippen LogP contribution in [-0.2, 0) is 6.54 Å². The summed E-state index contributed by atoms with van der Waals surface area (Å²) in [4.78, 5) is 12.2. The van der Waals surface area contributed by atoms with E-state index in [2.05, 4.69) is 21.6 Å². The fourth-order valence-electron chi connectivity index (χ4n) is 2.92. The Morgan fingerprint density at radius 2 is 2.25 bits per heavy atom. The number of amides is 1. The SMILES string of the molecule is O=C(NCc1c(C2CC2)ccc2[nH]ncc12)c1csc(C(F)F)c1. The number of thiophene rings is 1. The fourth-order valence-corrected chi connectivity index (χ4v) is 3.66. The molecule has 1 aliphatic carbocycles. The highest BCUT2D eigenvalue weighted by Crippen LogP contribution is 2.43. The van der Waals surface area contributed by atoms with Gasteiger partial charge in [0.15, 0.2) is 0 Å². The number of carbonyl (C=O) groups is 1. The van der Waals surface area contributed by atoms with Crippen LogP contribution in [0.15, 0.2) is 29.8 Å². The van der Waals surface area contributed by atoms with Crippen molar-refractivity contribution in [3.63, 3.8) is 0 Å². The molecule has 0 bridgehead atoms. The van der Waals surface area contributed by atoms with Gasteiger partial charge >= 0.3 is 0 Å². The second-order valence-electron chi connectivity index (χ2n) is 5.96. The molecule has 4 rings (SSSR count). The highest BCUT2D eigenvalue weighted by atomic mass is 32.1. The molecule has 2 N–H and O–H groups in total. The molecule has 0 atom stereocenters. The topological polar surface area (TPSA) is 57.8 Å². The molecule has 0 radical (unpaired) electrons. The summed E-state index contributed by atoms with van der Waals surface area (Å²) in [6, 6.07) is 5.35. The second kappa shape index (κ2) is 5.98. The van der Waals surface area contributed by atoms with E-state index in [9.17, 15) is 13.6 Å². The summed E-state index contributed by atoms with van der Waals surface area (Å²) in [5.74, 6) is 0.211. The van der Waals surface area contributed by atoms with Gasteiger partial charge in [-0.05, 0) is 42.0 Å². The van der Waals surface area contributed by atoms with E-state index in [0.717, 1.165) is 40.6 Å². The second-order valence-corrected chi connectivity index (χ2v) is 6.90. The quantitative estimate of drug-likeness (QED) is 0.720. The fraction of sp³-hybridized carbons (Fsp3) is 0.294. The molecule has 0 unspecified atom stereocenters. The Labute approximate surface area is 140 Å². The third-order valence-electron chi connectivity index (χ3n) is 4.31. The molecule has 1 saturated carbocycles. The maximum absolute atomic E-state index is 12.7. The monoisotopic (exact) mass is 347 g/mol. The van der Waals surface area contributed by atoms with Crippen molar-refractivity contribution in [3.8, 4) is 0 Å². The van der Waals surface area contributed by atoms with E-state index in [4.69, 9.17) is 0 Å². The van der Waals surface area contributed by atoms with Crippen LogP contribution < -0.4 is 5.32 Å². The smallest absolute Gasteiger partial charge is 0.272 e. The first-order chi connectivity index (χ1) is 11.6. The van der Waals surface area contributed by atoms with Crippen molar-refractivity contribution < 1.29 is 13.6 Å². The summed E-state index contributed by atoms with van der Waals surface area (Å²) in [6.07, 6.45) is 1.54. The minimum atomic E-state index is -2.54. The predicted molar refractivity (Wildman–Crippen MR) is 88.5 cm³/mol. The lowest BCUT2D eigenvalue weighted by Gasteiger charge is -2.11. The van der Waals surface area contributed by atoms with E-state index in [-0.39, 0.29) is 16.3 Å². The Morgan fingerprint density at radius 1 is 1.42 bits per heavy atom. The van der Waals surface area contributed by atoms with E-state index in [1.165, 1.54) is 17.0 Å². The van der Waals surface area contributed by atoms with Gasteiger partial charge in [-0.1, -0.05) is 6.07 Å². The zero-order valence-corrected chi connectivity index (χ0v) is 13.5. The molecule has 2 heterocycles. The summed E-state index contributed by atoms with van der Waals surface area (Å²) in [5, 5.41) is 12.3. The van der Waals surface area contributed by atoms with Crippen LogP contribution in [0.1, 0.15) is 51.5 Å². The number of halogens is 2.